The highest BCUT2D eigenvalue weighted by atomic mass is 16.5. The molecule has 2 unspecified atom stereocenters. The Bertz CT molecular complexity index is 197. The lowest BCUT2D eigenvalue weighted by Gasteiger charge is -2.41. The van der Waals surface area contributed by atoms with E-state index in [9.17, 15) is 0 Å². The zero-order valence-electron chi connectivity index (χ0n) is 12.0. The molecule has 0 amide bonds. The van der Waals surface area contributed by atoms with Crippen LogP contribution in [0.1, 0.15) is 40.0 Å². The summed E-state index contributed by atoms with van der Waals surface area (Å²) in [6.07, 6.45) is 3.69. The molecule has 17 heavy (non-hydrogen) atoms. The van der Waals surface area contributed by atoms with Gasteiger partial charge in [-0.1, -0.05) is 20.8 Å². The van der Waals surface area contributed by atoms with Crippen molar-refractivity contribution in [2.24, 2.45) is 5.92 Å². The fourth-order valence-corrected chi connectivity index (χ4v) is 2.66. The van der Waals surface area contributed by atoms with Crippen molar-refractivity contribution >= 4 is 0 Å². The maximum atomic E-state index is 5.16. The first kappa shape index (κ1) is 14.9. The minimum atomic E-state index is 0.681. The number of nitrogens with zero attached hydrogens (tertiary/aromatic N) is 1. The molecular weight excluding hydrogens is 212 g/mol. The highest BCUT2D eigenvalue weighted by molar-refractivity contribution is 4.85. The van der Waals surface area contributed by atoms with Crippen LogP contribution >= 0.6 is 0 Å². The second-order valence-corrected chi connectivity index (χ2v) is 5.64. The molecular formula is C14H30N2O. The van der Waals surface area contributed by atoms with Crippen molar-refractivity contribution in [3.8, 4) is 0 Å². The van der Waals surface area contributed by atoms with Crippen LogP contribution in [0.5, 0.6) is 0 Å². The first-order chi connectivity index (χ1) is 8.17. The number of piperazine rings is 1. The largest absolute Gasteiger partial charge is 0.385 e. The quantitative estimate of drug-likeness (QED) is 0.692. The Balaban J connectivity index is 2.42. The number of hydrogen-bond acceptors (Lipinski definition) is 3. The van der Waals surface area contributed by atoms with Gasteiger partial charge in [-0.3, -0.25) is 4.90 Å². The molecule has 102 valence electrons. The Morgan fingerprint density at radius 1 is 1.41 bits per heavy atom. The Hall–Kier alpha value is -0.120. The fourth-order valence-electron chi connectivity index (χ4n) is 2.66. The lowest BCUT2D eigenvalue weighted by molar-refractivity contribution is 0.0969. The minimum Gasteiger partial charge on any atom is -0.385 e. The second-order valence-electron chi connectivity index (χ2n) is 5.64. The molecule has 1 aliphatic heterocycles. The molecule has 1 aliphatic rings. The molecule has 1 fully saturated rings. The molecule has 0 radical (unpaired) electrons. The van der Waals surface area contributed by atoms with E-state index in [1.165, 1.54) is 25.9 Å². The van der Waals surface area contributed by atoms with Gasteiger partial charge >= 0.3 is 0 Å². The van der Waals surface area contributed by atoms with Gasteiger partial charge in [0.25, 0.3) is 0 Å². The predicted octanol–water partition coefficient (Wildman–Crippen LogP) is 2.12. The normalized spacial score (nSPS) is 26.6. The summed E-state index contributed by atoms with van der Waals surface area (Å²) in [7, 11) is 1.79. The molecule has 1 saturated heterocycles. The standard InChI is InChI=1S/C14H30N2O/c1-5-13-11-16(7-6-8-17-4)14(10-15-13)9-12(2)3/h12-15H,5-11H2,1-4H3. The van der Waals surface area contributed by atoms with Crippen LogP contribution in [0.2, 0.25) is 0 Å². The average Bonchev–Trinajstić information content (AvgIpc) is 2.30. The molecule has 1 N–H and O–H groups in total. The molecule has 1 rings (SSSR count). The van der Waals surface area contributed by atoms with Crippen molar-refractivity contribution < 1.29 is 4.74 Å². The van der Waals surface area contributed by atoms with Crippen LogP contribution in [-0.4, -0.2) is 50.3 Å². The van der Waals surface area contributed by atoms with Crippen LogP contribution < -0.4 is 5.32 Å². The topological polar surface area (TPSA) is 24.5 Å². The monoisotopic (exact) mass is 242 g/mol. The summed E-state index contributed by atoms with van der Waals surface area (Å²) in [6.45, 7) is 11.3. The van der Waals surface area contributed by atoms with E-state index in [-0.39, 0.29) is 0 Å². The van der Waals surface area contributed by atoms with E-state index < -0.39 is 0 Å². The number of methoxy groups -OCH3 is 1. The van der Waals surface area contributed by atoms with Gasteiger partial charge < -0.3 is 10.1 Å². The molecule has 0 aromatic heterocycles. The smallest absolute Gasteiger partial charge is 0.0474 e. The summed E-state index contributed by atoms with van der Waals surface area (Å²) >= 11 is 0. The zero-order valence-corrected chi connectivity index (χ0v) is 12.0. The SMILES string of the molecule is CCC1CN(CCCOC)C(CC(C)C)CN1. The van der Waals surface area contributed by atoms with Gasteiger partial charge in [-0.2, -0.15) is 0 Å². The molecule has 3 nitrogen and oxygen atoms in total. The molecule has 0 aromatic carbocycles. The average molecular weight is 242 g/mol. The summed E-state index contributed by atoms with van der Waals surface area (Å²) in [5, 5.41) is 3.67. The Labute approximate surface area is 107 Å². The molecule has 0 saturated carbocycles. The van der Waals surface area contributed by atoms with Crippen molar-refractivity contribution in [1.82, 2.24) is 10.2 Å². The molecule has 1 heterocycles. The lowest BCUT2D eigenvalue weighted by atomic mass is 9.98. The summed E-state index contributed by atoms with van der Waals surface area (Å²) in [5.41, 5.74) is 0. The number of rotatable bonds is 7. The van der Waals surface area contributed by atoms with E-state index in [4.69, 9.17) is 4.74 Å². The van der Waals surface area contributed by atoms with Crippen molar-refractivity contribution in [3.05, 3.63) is 0 Å². The van der Waals surface area contributed by atoms with Gasteiger partial charge in [-0.05, 0) is 25.2 Å². The maximum Gasteiger partial charge on any atom is 0.0474 e. The van der Waals surface area contributed by atoms with Crippen molar-refractivity contribution in [3.63, 3.8) is 0 Å². The minimum absolute atomic E-state index is 0.681. The van der Waals surface area contributed by atoms with Gasteiger partial charge in [0.1, 0.15) is 0 Å². The molecule has 0 aliphatic carbocycles. The van der Waals surface area contributed by atoms with E-state index in [1.807, 2.05) is 0 Å². The molecule has 0 bridgehead atoms. The van der Waals surface area contributed by atoms with Gasteiger partial charge in [-0.15, -0.1) is 0 Å². The fraction of sp³-hybridized carbons (Fsp3) is 1.00. The van der Waals surface area contributed by atoms with E-state index in [0.29, 0.717) is 6.04 Å². The number of ether oxygens (including phenoxy) is 1. The van der Waals surface area contributed by atoms with Crippen LogP contribution in [-0.2, 0) is 4.74 Å². The third-order valence-electron chi connectivity index (χ3n) is 3.64. The number of hydrogen-bond donors (Lipinski definition) is 1. The van der Waals surface area contributed by atoms with Gasteiger partial charge in [0.15, 0.2) is 0 Å². The summed E-state index contributed by atoms with van der Waals surface area (Å²) < 4.78 is 5.16. The van der Waals surface area contributed by atoms with Crippen LogP contribution in [0.25, 0.3) is 0 Å². The summed E-state index contributed by atoms with van der Waals surface area (Å²) in [5.74, 6) is 0.782. The van der Waals surface area contributed by atoms with Gasteiger partial charge in [-0.25, -0.2) is 0 Å². The molecule has 0 spiro atoms. The maximum absolute atomic E-state index is 5.16. The summed E-state index contributed by atoms with van der Waals surface area (Å²) in [6, 6.07) is 1.40. The highest BCUT2D eigenvalue weighted by Gasteiger charge is 2.26. The van der Waals surface area contributed by atoms with Gasteiger partial charge in [0.05, 0.1) is 0 Å². The lowest BCUT2D eigenvalue weighted by Crippen LogP contribution is -2.56. The molecule has 0 aromatic rings. The Morgan fingerprint density at radius 2 is 2.18 bits per heavy atom. The van der Waals surface area contributed by atoms with Crippen LogP contribution in [0.15, 0.2) is 0 Å². The van der Waals surface area contributed by atoms with E-state index >= 15 is 0 Å². The van der Waals surface area contributed by atoms with Crippen LogP contribution in [0.4, 0.5) is 0 Å². The van der Waals surface area contributed by atoms with E-state index in [2.05, 4.69) is 31.0 Å². The van der Waals surface area contributed by atoms with Crippen molar-refractivity contribution in [1.29, 1.82) is 0 Å². The number of nitrogens with one attached hydrogen (secondary N) is 1. The second kappa shape index (κ2) is 8.06. The molecule has 2 atom stereocenters. The van der Waals surface area contributed by atoms with Crippen LogP contribution in [0, 0.1) is 5.92 Å². The Morgan fingerprint density at radius 3 is 2.76 bits per heavy atom. The van der Waals surface area contributed by atoms with Crippen LogP contribution in [0.3, 0.4) is 0 Å². The third kappa shape index (κ3) is 5.36. The van der Waals surface area contributed by atoms with Crippen molar-refractivity contribution in [2.45, 2.75) is 52.1 Å². The van der Waals surface area contributed by atoms with E-state index in [1.54, 1.807) is 7.11 Å². The van der Waals surface area contributed by atoms with Gasteiger partial charge in [0.2, 0.25) is 0 Å². The van der Waals surface area contributed by atoms with Gasteiger partial charge in [0, 0.05) is 45.4 Å². The Kier molecular flexibility index (Phi) is 7.09. The first-order valence-electron chi connectivity index (χ1n) is 7.13. The van der Waals surface area contributed by atoms with Crippen molar-refractivity contribution in [2.75, 3.05) is 33.4 Å². The first-order valence-corrected chi connectivity index (χ1v) is 7.13. The summed E-state index contributed by atoms with van der Waals surface area (Å²) in [4.78, 5) is 2.67. The molecule has 3 heteroatoms. The zero-order chi connectivity index (χ0) is 12.7. The third-order valence-corrected chi connectivity index (χ3v) is 3.64. The highest BCUT2D eigenvalue weighted by Crippen LogP contribution is 2.16. The predicted molar refractivity (Wildman–Crippen MR) is 73.4 cm³/mol. The van der Waals surface area contributed by atoms with E-state index in [0.717, 1.165) is 31.5 Å².